The topological polar surface area (TPSA) is 74.3 Å². The second kappa shape index (κ2) is 8.40. The van der Waals surface area contributed by atoms with E-state index in [0.29, 0.717) is 6.54 Å². The lowest BCUT2D eigenvalue weighted by Crippen LogP contribution is -2.34. The van der Waals surface area contributed by atoms with Crippen molar-refractivity contribution in [3.8, 4) is 11.3 Å². The normalized spacial score (nSPS) is 18.9. The molecule has 6 nitrogen and oxygen atoms in total. The van der Waals surface area contributed by atoms with Crippen molar-refractivity contribution in [3.05, 3.63) is 53.4 Å². The van der Waals surface area contributed by atoms with E-state index in [4.69, 9.17) is 4.98 Å². The summed E-state index contributed by atoms with van der Waals surface area (Å²) in [5, 5.41) is 8.67. The number of anilines is 2. The summed E-state index contributed by atoms with van der Waals surface area (Å²) in [4.78, 5) is 31.9. The van der Waals surface area contributed by atoms with E-state index >= 15 is 0 Å². The van der Waals surface area contributed by atoms with Crippen molar-refractivity contribution in [1.82, 2.24) is 10.3 Å². The maximum absolute atomic E-state index is 12.7. The first kappa shape index (κ1) is 21.1. The summed E-state index contributed by atoms with van der Waals surface area (Å²) in [7, 11) is 0. The van der Waals surface area contributed by atoms with Gasteiger partial charge in [0.05, 0.1) is 16.9 Å². The SMILES string of the molecule is C[C@@H]1CNc2c(sc3ccc4nc(-c5cccc(N6CCC(C=O)CC6)c5)ccc4c23)C(=O)N1. The number of thiophene rings is 1. The first-order valence-corrected chi connectivity index (χ1v) is 12.6. The highest BCUT2D eigenvalue weighted by Gasteiger charge is 2.25. The van der Waals surface area contributed by atoms with E-state index in [2.05, 4.69) is 58.0 Å². The van der Waals surface area contributed by atoms with E-state index in [1.54, 1.807) is 0 Å². The molecule has 34 heavy (non-hydrogen) atoms. The van der Waals surface area contributed by atoms with Gasteiger partial charge in [-0.3, -0.25) is 4.79 Å². The molecule has 1 fully saturated rings. The minimum absolute atomic E-state index is 0.0135. The highest BCUT2D eigenvalue weighted by Crippen LogP contribution is 2.41. The molecule has 0 unspecified atom stereocenters. The number of piperidine rings is 1. The molecule has 1 saturated heterocycles. The van der Waals surface area contributed by atoms with Gasteiger partial charge in [0.25, 0.3) is 5.91 Å². The average Bonchev–Trinajstić information content (AvgIpc) is 3.20. The number of benzene rings is 2. The van der Waals surface area contributed by atoms with E-state index in [9.17, 15) is 9.59 Å². The van der Waals surface area contributed by atoms with Gasteiger partial charge in [0.15, 0.2) is 0 Å². The summed E-state index contributed by atoms with van der Waals surface area (Å²) in [6.45, 7) is 4.51. The summed E-state index contributed by atoms with van der Waals surface area (Å²) in [5.41, 5.74) is 5.02. The molecule has 2 aliphatic rings. The number of fused-ring (bicyclic) bond motifs is 5. The number of aromatic nitrogens is 1. The number of nitrogens with zero attached hydrogens (tertiary/aromatic N) is 2. The van der Waals surface area contributed by atoms with Crippen LogP contribution in [-0.4, -0.2) is 42.9 Å². The number of hydrogen-bond acceptors (Lipinski definition) is 6. The van der Waals surface area contributed by atoms with Crippen molar-refractivity contribution < 1.29 is 9.59 Å². The molecule has 6 rings (SSSR count). The second-order valence-corrected chi connectivity index (χ2v) is 10.3. The Bertz CT molecular complexity index is 1420. The lowest BCUT2D eigenvalue weighted by atomic mass is 9.98. The van der Waals surface area contributed by atoms with Gasteiger partial charge in [-0.05, 0) is 56.2 Å². The number of carbonyl (C=O) groups is 2. The molecule has 0 radical (unpaired) electrons. The lowest BCUT2D eigenvalue weighted by molar-refractivity contribution is -0.111. The Morgan fingerprint density at radius 1 is 1.12 bits per heavy atom. The van der Waals surface area contributed by atoms with Gasteiger partial charge < -0.3 is 20.3 Å². The van der Waals surface area contributed by atoms with Crippen LogP contribution < -0.4 is 15.5 Å². The Morgan fingerprint density at radius 2 is 1.97 bits per heavy atom. The van der Waals surface area contributed by atoms with Crippen LogP contribution in [0.2, 0.25) is 0 Å². The Balaban J connectivity index is 1.38. The molecule has 4 heterocycles. The van der Waals surface area contributed by atoms with Gasteiger partial charge in [-0.2, -0.15) is 0 Å². The predicted molar refractivity (Wildman–Crippen MR) is 139 cm³/mol. The zero-order chi connectivity index (χ0) is 23.2. The minimum atomic E-state index is -0.0135. The number of nitrogens with one attached hydrogen (secondary N) is 2. The van der Waals surface area contributed by atoms with Crippen LogP contribution in [0.15, 0.2) is 48.5 Å². The number of pyridine rings is 1. The van der Waals surface area contributed by atoms with E-state index in [1.165, 1.54) is 17.0 Å². The molecule has 2 aliphatic heterocycles. The van der Waals surface area contributed by atoms with Gasteiger partial charge >= 0.3 is 0 Å². The average molecular weight is 471 g/mol. The smallest absolute Gasteiger partial charge is 0.263 e. The monoisotopic (exact) mass is 470 g/mol. The molecule has 2 aromatic carbocycles. The van der Waals surface area contributed by atoms with Crippen LogP contribution in [-0.2, 0) is 4.79 Å². The van der Waals surface area contributed by atoms with Gasteiger partial charge in [0.2, 0.25) is 0 Å². The van der Waals surface area contributed by atoms with Crippen molar-refractivity contribution in [2.24, 2.45) is 5.92 Å². The van der Waals surface area contributed by atoms with Gasteiger partial charge in [-0.25, -0.2) is 4.98 Å². The Hall–Kier alpha value is -3.45. The third-order valence-corrected chi connectivity index (χ3v) is 8.08. The van der Waals surface area contributed by atoms with E-state index in [-0.39, 0.29) is 17.9 Å². The van der Waals surface area contributed by atoms with E-state index in [0.717, 1.165) is 75.0 Å². The van der Waals surface area contributed by atoms with Gasteiger partial charge in [-0.15, -0.1) is 11.3 Å². The standard InChI is InChI=1S/C27H26N4O2S/c1-16-14-28-25-24-20-5-6-21(30-22(20)7-8-23(24)34-26(25)27(33)29-16)18-3-2-4-19(13-18)31-11-9-17(15-32)10-12-31/h2-8,13,15-17,28H,9-12,14H2,1H3,(H,29,33)/t16-/m1/s1. The van der Waals surface area contributed by atoms with Crippen molar-refractivity contribution in [2.75, 3.05) is 29.9 Å². The highest BCUT2D eigenvalue weighted by molar-refractivity contribution is 7.21. The molecule has 2 aromatic heterocycles. The van der Waals surface area contributed by atoms with E-state index < -0.39 is 0 Å². The first-order chi connectivity index (χ1) is 16.6. The molecule has 0 aliphatic carbocycles. The molecule has 2 N–H and O–H groups in total. The predicted octanol–water partition coefficient (Wildman–Crippen LogP) is 5.08. The fraction of sp³-hybridized carbons (Fsp3) is 0.296. The summed E-state index contributed by atoms with van der Waals surface area (Å²) >= 11 is 1.53. The Kier molecular flexibility index (Phi) is 5.21. The zero-order valence-electron chi connectivity index (χ0n) is 19.0. The number of rotatable bonds is 3. The van der Waals surface area contributed by atoms with Crippen LogP contribution in [0.3, 0.4) is 0 Å². The zero-order valence-corrected chi connectivity index (χ0v) is 19.8. The van der Waals surface area contributed by atoms with Crippen LogP contribution in [0.25, 0.3) is 32.2 Å². The van der Waals surface area contributed by atoms with Crippen LogP contribution >= 0.6 is 11.3 Å². The molecular weight excluding hydrogens is 444 g/mol. The third kappa shape index (κ3) is 3.60. The first-order valence-electron chi connectivity index (χ1n) is 11.8. The van der Waals surface area contributed by atoms with Gasteiger partial charge in [-0.1, -0.05) is 12.1 Å². The summed E-state index contributed by atoms with van der Waals surface area (Å²) in [6, 6.07) is 16.9. The molecule has 1 atom stereocenters. The lowest BCUT2D eigenvalue weighted by Gasteiger charge is -2.31. The van der Waals surface area contributed by atoms with Crippen LogP contribution in [0, 0.1) is 5.92 Å². The Morgan fingerprint density at radius 3 is 2.79 bits per heavy atom. The molecule has 0 saturated carbocycles. The maximum atomic E-state index is 12.7. The number of amides is 1. The second-order valence-electron chi connectivity index (χ2n) is 9.27. The van der Waals surface area contributed by atoms with Crippen molar-refractivity contribution in [3.63, 3.8) is 0 Å². The van der Waals surface area contributed by atoms with Crippen molar-refractivity contribution >= 4 is 55.9 Å². The molecular formula is C27H26N4O2S. The van der Waals surface area contributed by atoms with Crippen molar-refractivity contribution in [1.29, 1.82) is 0 Å². The van der Waals surface area contributed by atoms with Crippen LogP contribution in [0.4, 0.5) is 11.4 Å². The van der Waals surface area contributed by atoms with Gasteiger partial charge in [0, 0.05) is 58.3 Å². The molecule has 0 bridgehead atoms. The maximum Gasteiger partial charge on any atom is 0.263 e. The molecule has 1 amide bonds. The molecule has 172 valence electrons. The summed E-state index contributed by atoms with van der Waals surface area (Å²) in [5.74, 6) is 0.176. The van der Waals surface area contributed by atoms with Crippen LogP contribution in [0.1, 0.15) is 29.4 Å². The van der Waals surface area contributed by atoms with E-state index in [1.807, 2.05) is 13.0 Å². The number of carbonyl (C=O) groups excluding carboxylic acids is 2. The fourth-order valence-electron chi connectivity index (χ4n) is 5.04. The number of aldehydes is 1. The molecule has 0 spiro atoms. The van der Waals surface area contributed by atoms with Gasteiger partial charge in [0.1, 0.15) is 11.2 Å². The minimum Gasteiger partial charge on any atom is -0.381 e. The highest BCUT2D eigenvalue weighted by atomic mass is 32.1. The molecule has 7 heteroatoms. The third-order valence-electron chi connectivity index (χ3n) is 6.93. The van der Waals surface area contributed by atoms with Crippen molar-refractivity contribution in [2.45, 2.75) is 25.8 Å². The largest absolute Gasteiger partial charge is 0.381 e. The molecule has 4 aromatic rings. The quantitative estimate of drug-likeness (QED) is 0.409. The fourth-order valence-corrected chi connectivity index (χ4v) is 6.14. The van der Waals surface area contributed by atoms with Crippen LogP contribution in [0.5, 0.6) is 0 Å². The number of hydrogen-bond donors (Lipinski definition) is 2. The Labute approximate surface area is 202 Å². The summed E-state index contributed by atoms with van der Waals surface area (Å²) < 4.78 is 1.09. The summed E-state index contributed by atoms with van der Waals surface area (Å²) in [6.07, 6.45) is 2.92.